The average Bonchev–Trinajstić information content (AvgIpc) is 3.38. The lowest BCUT2D eigenvalue weighted by molar-refractivity contribution is 1.07. The monoisotopic (exact) mass is 851 g/mol. The number of anilines is 6. The van der Waals surface area contributed by atoms with Crippen LogP contribution in [0.3, 0.4) is 0 Å². The van der Waals surface area contributed by atoms with Gasteiger partial charge in [0.25, 0.3) is 0 Å². The Hall–Kier alpha value is -7.98. The van der Waals surface area contributed by atoms with Crippen LogP contribution in [0.25, 0.3) is 11.4 Å². The first-order chi connectivity index (χ1) is 31.8. The normalized spacial score (nSPS) is 14.1. The molecule has 64 heavy (non-hydrogen) atoms. The minimum atomic E-state index is -2.78. The fourth-order valence-electron chi connectivity index (χ4n) is 10.6. The van der Waals surface area contributed by atoms with Gasteiger partial charge in [-0.05, 0) is 84.0 Å². The van der Waals surface area contributed by atoms with Crippen LogP contribution in [0.4, 0.5) is 34.5 Å². The lowest BCUT2D eigenvalue weighted by Gasteiger charge is -2.44. The highest BCUT2D eigenvalue weighted by Crippen LogP contribution is 2.40. The fraction of sp³-hybridized carbons (Fsp3) is 0. The summed E-state index contributed by atoms with van der Waals surface area (Å²) < 4.78 is 0. The fourth-order valence-corrected chi connectivity index (χ4v) is 20.8. The summed E-state index contributed by atoms with van der Waals surface area (Å²) in [5, 5.41) is 10.6. The van der Waals surface area contributed by atoms with Crippen LogP contribution >= 0.6 is 0 Å². The second kappa shape index (κ2) is 15.4. The summed E-state index contributed by atoms with van der Waals surface area (Å²) in [4.78, 5) is 20.5. The maximum atomic E-state index is 5.47. The smallest absolute Gasteiger partial charge is 0.235 e. The molecule has 0 saturated heterocycles. The van der Waals surface area contributed by atoms with Crippen LogP contribution in [0.5, 0.6) is 0 Å². The van der Waals surface area contributed by atoms with Gasteiger partial charge in [-0.15, -0.1) is 0 Å². The van der Waals surface area contributed by atoms with E-state index in [1.807, 2.05) is 12.3 Å². The van der Waals surface area contributed by atoms with E-state index in [1.54, 1.807) is 0 Å². The van der Waals surface area contributed by atoms with Gasteiger partial charge in [0.15, 0.2) is 16.1 Å². The van der Waals surface area contributed by atoms with E-state index < -0.39 is 16.1 Å². The SMILES string of the molecule is c1ccc([Si]2(c3ccccc3)c3ccccc3N(c3cccc(-c4ccnc(N5c6ccccc6[Si](c6ccccc6)(c6ccccc6)c6ccccc65)n4)n3)c3ccccc32)cc1. The van der Waals surface area contributed by atoms with E-state index in [0.29, 0.717) is 5.95 Å². The molecule has 0 N–H and O–H groups in total. The second-order valence-electron chi connectivity index (χ2n) is 16.3. The summed E-state index contributed by atoms with van der Waals surface area (Å²) in [6.45, 7) is 0. The number of hydrogen-bond acceptors (Lipinski definition) is 5. The number of pyridine rings is 1. The molecule has 10 aromatic rings. The maximum Gasteiger partial charge on any atom is 0.235 e. The molecule has 2 aliphatic rings. The first-order valence-corrected chi connectivity index (χ1v) is 25.8. The third-order valence-corrected chi connectivity index (χ3v) is 22.8. The van der Waals surface area contributed by atoms with E-state index >= 15 is 0 Å². The summed E-state index contributed by atoms with van der Waals surface area (Å²) in [7, 11) is -5.54. The van der Waals surface area contributed by atoms with E-state index in [4.69, 9.17) is 15.0 Å². The molecule has 8 aromatic carbocycles. The summed E-state index contributed by atoms with van der Waals surface area (Å²) in [6, 6.07) is 88.2. The zero-order valence-electron chi connectivity index (χ0n) is 34.9. The molecule has 0 radical (unpaired) electrons. The summed E-state index contributed by atoms with van der Waals surface area (Å²) in [5.74, 6) is 1.43. The molecule has 0 spiro atoms. The Morgan fingerprint density at radius 1 is 0.281 bits per heavy atom. The van der Waals surface area contributed by atoms with Crippen molar-refractivity contribution in [1.29, 1.82) is 0 Å². The van der Waals surface area contributed by atoms with Gasteiger partial charge in [0, 0.05) is 28.9 Å². The van der Waals surface area contributed by atoms with Crippen molar-refractivity contribution in [3.8, 4) is 11.4 Å². The molecule has 5 nitrogen and oxygen atoms in total. The van der Waals surface area contributed by atoms with Gasteiger partial charge in [0.05, 0.1) is 11.4 Å². The van der Waals surface area contributed by atoms with Gasteiger partial charge in [0.1, 0.15) is 5.82 Å². The van der Waals surface area contributed by atoms with Crippen LogP contribution in [0.2, 0.25) is 0 Å². The van der Waals surface area contributed by atoms with Gasteiger partial charge >= 0.3 is 0 Å². The lowest BCUT2D eigenvalue weighted by atomic mass is 10.2. The quantitative estimate of drug-likeness (QED) is 0.153. The van der Waals surface area contributed by atoms with Crippen molar-refractivity contribution in [3.63, 3.8) is 0 Å². The minimum Gasteiger partial charge on any atom is -0.295 e. The molecule has 2 aliphatic heterocycles. The van der Waals surface area contributed by atoms with Crippen molar-refractivity contribution in [2.75, 3.05) is 9.80 Å². The van der Waals surface area contributed by atoms with Crippen LogP contribution in [0.1, 0.15) is 0 Å². The number of benzene rings is 8. The lowest BCUT2D eigenvalue weighted by Crippen LogP contribution is -2.77. The van der Waals surface area contributed by atoms with Crippen LogP contribution < -0.4 is 51.3 Å². The third-order valence-electron chi connectivity index (χ3n) is 13.1. The van der Waals surface area contributed by atoms with Crippen molar-refractivity contribution < 1.29 is 0 Å². The van der Waals surface area contributed by atoms with Gasteiger partial charge in [0.2, 0.25) is 5.95 Å². The molecule has 2 aromatic heterocycles. The highest BCUT2D eigenvalue weighted by Gasteiger charge is 2.50. The van der Waals surface area contributed by atoms with E-state index in [-0.39, 0.29) is 0 Å². The zero-order chi connectivity index (χ0) is 42.5. The van der Waals surface area contributed by atoms with E-state index in [2.05, 4.69) is 246 Å². The van der Waals surface area contributed by atoms with E-state index in [1.165, 1.54) is 41.5 Å². The number of nitrogens with zero attached hydrogens (tertiary/aromatic N) is 5. The molecule has 4 heterocycles. The van der Waals surface area contributed by atoms with Gasteiger partial charge in [-0.25, -0.2) is 15.0 Å². The number of para-hydroxylation sites is 4. The molecule has 0 bridgehead atoms. The van der Waals surface area contributed by atoms with Gasteiger partial charge in [-0.1, -0.05) is 200 Å². The summed E-state index contributed by atoms with van der Waals surface area (Å²) in [6.07, 6.45) is 1.87. The van der Waals surface area contributed by atoms with Crippen molar-refractivity contribution in [3.05, 3.63) is 249 Å². The van der Waals surface area contributed by atoms with Crippen molar-refractivity contribution >= 4 is 92.2 Å². The average molecular weight is 852 g/mol. The summed E-state index contributed by atoms with van der Waals surface area (Å²) in [5.41, 5.74) is 5.97. The molecule has 7 heteroatoms. The standard InChI is InChI=1S/C57H41N5Si2/c1-5-22-42(23-6-1)63(43-24-7-2-8-25-43)52-35-17-13-31-48(52)61(49-32-14-18-36-53(49)63)56-39-21-30-46(59-56)47-40-41-58-57(60-47)62-50-33-15-19-37-54(50)64(44-26-9-3-10-27-44,45-28-11-4-12-29-45)55-38-20-16-34-51(55)62/h1-41H. The Morgan fingerprint density at radius 2 is 0.625 bits per heavy atom. The van der Waals surface area contributed by atoms with Crippen molar-refractivity contribution in [2.45, 2.75) is 0 Å². The Kier molecular flexibility index (Phi) is 9.10. The maximum absolute atomic E-state index is 5.47. The second-order valence-corrected chi connectivity index (χ2v) is 23.8. The topological polar surface area (TPSA) is 45.2 Å². The first kappa shape index (κ1) is 37.8. The number of hydrogen-bond donors (Lipinski definition) is 0. The molecule has 0 unspecified atom stereocenters. The first-order valence-electron chi connectivity index (χ1n) is 21.8. The van der Waals surface area contributed by atoms with Crippen LogP contribution in [-0.4, -0.2) is 31.1 Å². The predicted octanol–water partition coefficient (Wildman–Crippen LogP) is 7.86. The Labute approximate surface area is 375 Å². The minimum absolute atomic E-state index is 0.600. The van der Waals surface area contributed by atoms with E-state index in [0.717, 1.165) is 40.0 Å². The van der Waals surface area contributed by atoms with Crippen molar-refractivity contribution in [1.82, 2.24) is 15.0 Å². The Balaban J connectivity index is 1.01. The summed E-state index contributed by atoms with van der Waals surface area (Å²) >= 11 is 0. The number of aromatic nitrogens is 3. The highest BCUT2D eigenvalue weighted by molar-refractivity contribution is 7.22. The number of rotatable bonds is 7. The molecular weight excluding hydrogens is 811 g/mol. The third kappa shape index (κ3) is 5.65. The van der Waals surface area contributed by atoms with Crippen LogP contribution in [0, 0.1) is 0 Å². The molecular formula is C57H41N5Si2. The largest absolute Gasteiger partial charge is 0.295 e. The molecule has 12 rings (SSSR count). The molecule has 302 valence electrons. The van der Waals surface area contributed by atoms with Crippen molar-refractivity contribution in [2.24, 2.45) is 0 Å². The molecule has 0 fully saturated rings. The van der Waals surface area contributed by atoms with Gasteiger partial charge in [-0.2, -0.15) is 0 Å². The van der Waals surface area contributed by atoms with Gasteiger partial charge in [-0.3, -0.25) is 9.80 Å². The molecule has 0 amide bonds. The molecule has 0 saturated carbocycles. The number of fused-ring (bicyclic) bond motifs is 4. The van der Waals surface area contributed by atoms with Gasteiger partial charge < -0.3 is 0 Å². The molecule has 0 aliphatic carbocycles. The van der Waals surface area contributed by atoms with E-state index in [9.17, 15) is 0 Å². The van der Waals surface area contributed by atoms with Crippen LogP contribution in [0.15, 0.2) is 249 Å². The van der Waals surface area contributed by atoms with Crippen LogP contribution in [-0.2, 0) is 0 Å². The Bertz CT molecular complexity index is 2910. The Morgan fingerprint density at radius 3 is 1.03 bits per heavy atom. The predicted molar refractivity (Wildman–Crippen MR) is 269 cm³/mol. The molecule has 0 atom stereocenters. The zero-order valence-corrected chi connectivity index (χ0v) is 36.9. The highest BCUT2D eigenvalue weighted by atomic mass is 28.3.